The summed E-state index contributed by atoms with van der Waals surface area (Å²) in [5.41, 5.74) is 2.79. The first-order chi connectivity index (χ1) is 27.8. The lowest BCUT2D eigenvalue weighted by atomic mass is 9.78. The van der Waals surface area contributed by atoms with Crippen LogP contribution in [0.2, 0.25) is 0 Å². The Hall–Kier alpha value is -5.46. The number of benzene rings is 6. The SMILES string of the molecule is Cc1ccc(S(=O)(=O)c2ccc(Oc3ccc(C(C)(C)c4ccc(Oc5ccc(S(=O)(=O)c6ccc(OC7COC8C(C)COC78)cc6)cc5)cc4)cc3)cc2)cc1. The number of ether oxygens (including phenoxy) is 5. The fourth-order valence-corrected chi connectivity index (χ4v) is 9.83. The van der Waals surface area contributed by atoms with E-state index >= 15 is 0 Å². The summed E-state index contributed by atoms with van der Waals surface area (Å²) in [6, 6.07) is 41.6. The van der Waals surface area contributed by atoms with Crippen molar-refractivity contribution < 1.29 is 40.5 Å². The van der Waals surface area contributed by atoms with Gasteiger partial charge < -0.3 is 23.7 Å². The van der Waals surface area contributed by atoms with Gasteiger partial charge in [0.05, 0.1) is 38.9 Å². The zero-order chi connectivity index (χ0) is 40.7. The lowest BCUT2D eigenvalue weighted by Crippen LogP contribution is -2.33. The summed E-state index contributed by atoms with van der Waals surface area (Å²) < 4.78 is 82.9. The van der Waals surface area contributed by atoms with E-state index in [0.29, 0.717) is 47.9 Å². The van der Waals surface area contributed by atoms with Crippen LogP contribution in [0, 0.1) is 12.8 Å². The van der Waals surface area contributed by atoms with Crippen LogP contribution < -0.4 is 14.2 Å². The zero-order valence-electron chi connectivity index (χ0n) is 32.6. The van der Waals surface area contributed by atoms with Gasteiger partial charge in [-0.05, 0) is 127 Å². The summed E-state index contributed by atoms with van der Waals surface area (Å²) >= 11 is 0. The van der Waals surface area contributed by atoms with E-state index in [1.807, 2.05) is 55.5 Å². The van der Waals surface area contributed by atoms with Crippen molar-refractivity contribution in [3.63, 3.8) is 0 Å². The quantitative estimate of drug-likeness (QED) is 0.119. The second-order valence-electron chi connectivity index (χ2n) is 15.3. The van der Waals surface area contributed by atoms with Gasteiger partial charge in [0.25, 0.3) is 0 Å². The molecule has 4 atom stereocenters. The van der Waals surface area contributed by atoms with Crippen LogP contribution in [-0.4, -0.2) is 48.4 Å². The van der Waals surface area contributed by atoms with E-state index in [0.717, 1.165) is 16.7 Å². The molecule has 9 nitrogen and oxygen atoms in total. The molecule has 2 fully saturated rings. The van der Waals surface area contributed by atoms with E-state index in [1.54, 1.807) is 97.1 Å². The predicted octanol–water partition coefficient (Wildman–Crippen LogP) is 9.75. The second kappa shape index (κ2) is 15.7. The van der Waals surface area contributed by atoms with Crippen LogP contribution in [0.3, 0.4) is 0 Å². The lowest BCUT2D eigenvalue weighted by molar-refractivity contribution is 0.0299. The number of hydrogen-bond donors (Lipinski definition) is 0. The molecule has 0 aliphatic carbocycles. The smallest absolute Gasteiger partial charge is 0.206 e. The molecule has 0 N–H and O–H groups in total. The average Bonchev–Trinajstić information content (AvgIpc) is 3.81. The second-order valence-corrected chi connectivity index (χ2v) is 19.2. The lowest BCUT2D eigenvalue weighted by Gasteiger charge is -2.26. The van der Waals surface area contributed by atoms with E-state index in [-0.39, 0.29) is 43.3 Å². The van der Waals surface area contributed by atoms with Gasteiger partial charge in [0.15, 0.2) is 6.10 Å². The van der Waals surface area contributed by atoms with Gasteiger partial charge in [-0.2, -0.15) is 0 Å². The molecule has 0 radical (unpaired) electrons. The van der Waals surface area contributed by atoms with Crippen LogP contribution in [0.5, 0.6) is 28.7 Å². The zero-order valence-corrected chi connectivity index (χ0v) is 34.2. The summed E-state index contributed by atoms with van der Waals surface area (Å²) in [4.78, 5) is 0.777. The number of rotatable bonds is 12. The molecular weight excluding hydrogens is 773 g/mol. The highest BCUT2D eigenvalue weighted by molar-refractivity contribution is 7.91. The first-order valence-electron chi connectivity index (χ1n) is 19.1. The molecule has 0 saturated carbocycles. The third-order valence-corrected chi connectivity index (χ3v) is 14.5. The molecule has 0 spiro atoms. The van der Waals surface area contributed by atoms with E-state index in [2.05, 4.69) is 20.8 Å². The van der Waals surface area contributed by atoms with Crippen molar-refractivity contribution in [1.29, 1.82) is 0 Å². The Morgan fingerprint density at radius 1 is 0.483 bits per heavy atom. The molecule has 58 heavy (non-hydrogen) atoms. The van der Waals surface area contributed by atoms with Crippen LogP contribution in [0.25, 0.3) is 0 Å². The molecule has 6 aromatic rings. The van der Waals surface area contributed by atoms with E-state index < -0.39 is 19.7 Å². The molecule has 2 heterocycles. The van der Waals surface area contributed by atoms with Crippen molar-refractivity contribution in [3.05, 3.63) is 162 Å². The average molecular weight is 817 g/mol. The fourth-order valence-electron chi connectivity index (χ4n) is 7.31. The number of hydrogen-bond acceptors (Lipinski definition) is 9. The monoisotopic (exact) mass is 816 g/mol. The highest BCUT2D eigenvalue weighted by atomic mass is 32.2. The largest absolute Gasteiger partial charge is 0.485 e. The third kappa shape index (κ3) is 8.00. The fraction of sp³-hybridized carbons (Fsp3) is 0.234. The van der Waals surface area contributed by atoms with E-state index in [4.69, 9.17) is 23.7 Å². The molecular formula is C47H44O9S2. The molecule has 0 amide bonds. The first-order valence-corrected chi connectivity index (χ1v) is 22.1. The minimum absolute atomic E-state index is 0.0295. The van der Waals surface area contributed by atoms with Gasteiger partial charge in [0.2, 0.25) is 19.7 Å². The van der Waals surface area contributed by atoms with Crippen molar-refractivity contribution in [2.75, 3.05) is 13.2 Å². The van der Waals surface area contributed by atoms with Crippen LogP contribution in [0.1, 0.15) is 37.5 Å². The first kappa shape index (κ1) is 39.4. The van der Waals surface area contributed by atoms with Crippen LogP contribution >= 0.6 is 0 Å². The molecule has 298 valence electrons. The number of aryl methyl sites for hydroxylation is 1. The number of sulfone groups is 2. The standard InChI is InChI=1S/C47H44O9S2/c1-31-5-21-40(22-6-31)57(48,49)41-23-15-37(16-24-41)54-35-11-7-33(8-12-35)47(3,4)34-9-13-36(14-10-34)55-38-17-25-42(26-18-38)58(50,51)43-27-19-39(20-28-43)56-44-30-53-45-32(2)29-52-46(44)45/h5-28,32,44-46H,29-30H2,1-4H3. The maximum absolute atomic E-state index is 13.4. The molecule has 4 unspecified atom stereocenters. The van der Waals surface area contributed by atoms with Gasteiger partial charge in [-0.1, -0.05) is 62.7 Å². The highest BCUT2D eigenvalue weighted by Gasteiger charge is 2.47. The molecule has 2 aliphatic heterocycles. The predicted molar refractivity (Wildman–Crippen MR) is 220 cm³/mol. The van der Waals surface area contributed by atoms with Crippen LogP contribution in [0.15, 0.2) is 165 Å². The van der Waals surface area contributed by atoms with Crippen molar-refractivity contribution in [2.24, 2.45) is 5.92 Å². The van der Waals surface area contributed by atoms with Crippen molar-refractivity contribution in [3.8, 4) is 28.7 Å². The summed E-state index contributed by atoms with van der Waals surface area (Å²) in [7, 11) is -7.39. The van der Waals surface area contributed by atoms with Gasteiger partial charge in [0, 0.05) is 11.3 Å². The molecule has 2 saturated heterocycles. The maximum atomic E-state index is 13.4. The van der Waals surface area contributed by atoms with E-state index in [9.17, 15) is 16.8 Å². The Morgan fingerprint density at radius 2 is 0.828 bits per heavy atom. The molecule has 0 aromatic heterocycles. The molecule has 11 heteroatoms. The summed E-state index contributed by atoms with van der Waals surface area (Å²) in [6.07, 6.45) is -0.316. The van der Waals surface area contributed by atoms with Gasteiger partial charge in [-0.25, -0.2) is 16.8 Å². The summed E-state index contributed by atoms with van der Waals surface area (Å²) in [5.74, 6) is 3.16. The Kier molecular flexibility index (Phi) is 10.7. The van der Waals surface area contributed by atoms with E-state index in [1.165, 1.54) is 0 Å². The molecule has 8 rings (SSSR count). The Morgan fingerprint density at radius 3 is 1.24 bits per heavy atom. The van der Waals surface area contributed by atoms with Gasteiger partial charge in [-0.3, -0.25) is 0 Å². The van der Waals surface area contributed by atoms with Crippen molar-refractivity contribution >= 4 is 19.7 Å². The van der Waals surface area contributed by atoms with Gasteiger partial charge in [-0.15, -0.1) is 0 Å². The minimum Gasteiger partial charge on any atom is -0.485 e. The van der Waals surface area contributed by atoms with Crippen molar-refractivity contribution in [1.82, 2.24) is 0 Å². The minimum atomic E-state index is -3.77. The molecule has 6 aromatic carbocycles. The normalized spacial score (nSPS) is 19.4. The summed E-state index contributed by atoms with van der Waals surface area (Å²) in [6.45, 7) is 9.37. The Balaban J connectivity index is 0.862. The van der Waals surface area contributed by atoms with Crippen molar-refractivity contribution in [2.45, 2.75) is 71.0 Å². The van der Waals surface area contributed by atoms with Crippen LogP contribution in [0.4, 0.5) is 0 Å². The highest BCUT2D eigenvalue weighted by Crippen LogP contribution is 2.36. The third-order valence-electron chi connectivity index (χ3n) is 10.9. The Labute approximate surface area is 340 Å². The summed E-state index contributed by atoms with van der Waals surface area (Å²) in [5, 5.41) is 0. The molecule has 2 aliphatic rings. The molecule has 0 bridgehead atoms. The topological polar surface area (TPSA) is 114 Å². The Bertz CT molecular complexity index is 2590. The van der Waals surface area contributed by atoms with Gasteiger partial charge in [0.1, 0.15) is 34.9 Å². The van der Waals surface area contributed by atoms with Gasteiger partial charge >= 0.3 is 0 Å². The maximum Gasteiger partial charge on any atom is 0.206 e. The van der Waals surface area contributed by atoms with Crippen LogP contribution in [-0.2, 0) is 34.6 Å². The number of fused-ring (bicyclic) bond motifs is 1.